The van der Waals surface area contributed by atoms with Gasteiger partial charge in [-0.15, -0.1) is 0 Å². The first-order valence-corrected chi connectivity index (χ1v) is 9.66. The number of hydrogen-bond donors (Lipinski definition) is 0. The molecule has 1 aliphatic heterocycles. The fourth-order valence-electron chi connectivity index (χ4n) is 4.01. The fraction of sp³-hybridized carbons (Fsp3) is 0.526. The van der Waals surface area contributed by atoms with Crippen molar-refractivity contribution in [2.45, 2.75) is 46.1 Å². The number of nitrogens with zero attached hydrogens (tertiary/aromatic N) is 7. The number of aromatic nitrogens is 6. The van der Waals surface area contributed by atoms with Crippen molar-refractivity contribution in [3.8, 4) is 0 Å². The number of amides is 1. The van der Waals surface area contributed by atoms with Crippen LogP contribution in [0.25, 0.3) is 5.65 Å². The molecule has 3 aromatic heterocycles. The van der Waals surface area contributed by atoms with Gasteiger partial charge in [0.05, 0.1) is 5.69 Å². The van der Waals surface area contributed by atoms with Gasteiger partial charge in [-0.2, -0.15) is 10.2 Å². The van der Waals surface area contributed by atoms with Gasteiger partial charge < -0.3 is 4.90 Å². The first kappa shape index (κ1) is 18.4. The number of likely N-dealkylation sites (tertiary alicyclic amines) is 1. The molecule has 0 N–H and O–H groups in total. The zero-order valence-electron chi connectivity index (χ0n) is 16.7. The Labute approximate surface area is 162 Å². The number of rotatable bonds is 3. The van der Waals surface area contributed by atoms with Crippen LogP contribution in [0.4, 0.5) is 0 Å². The van der Waals surface area contributed by atoms with E-state index in [-0.39, 0.29) is 17.5 Å². The molecule has 1 atom stereocenters. The van der Waals surface area contributed by atoms with Crippen LogP contribution in [0.1, 0.15) is 53.4 Å². The highest BCUT2D eigenvalue weighted by Gasteiger charge is 2.30. The molecule has 0 radical (unpaired) electrons. The van der Waals surface area contributed by atoms with E-state index < -0.39 is 0 Å². The summed E-state index contributed by atoms with van der Waals surface area (Å²) in [5, 5.41) is 8.82. The van der Waals surface area contributed by atoms with Gasteiger partial charge in [0.2, 0.25) is 0 Å². The minimum Gasteiger partial charge on any atom is -0.337 e. The molecule has 4 heterocycles. The summed E-state index contributed by atoms with van der Waals surface area (Å²) >= 11 is 0. The molecule has 0 aliphatic carbocycles. The van der Waals surface area contributed by atoms with Gasteiger partial charge in [-0.3, -0.25) is 9.36 Å². The van der Waals surface area contributed by atoms with Crippen LogP contribution in [-0.4, -0.2) is 52.8 Å². The highest BCUT2D eigenvalue weighted by molar-refractivity contribution is 5.93. The second-order valence-corrected chi connectivity index (χ2v) is 7.44. The van der Waals surface area contributed by atoms with Gasteiger partial charge in [0.15, 0.2) is 5.65 Å². The molecule has 0 spiro atoms. The lowest BCUT2D eigenvalue weighted by Crippen LogP contribution is -2.40. The molecule has 0 aromatic carbocycles. The first-order valence-electron chi connectivity index (χ1n) is 9.66. The molecule has 9 nitrogen and oxygen atoms in total. The van der Waals surface area contributed by atoms with Crippen LogP contribution in [0.15, 0.2) is 16.9 Å². The average molecular weight is 383 g/mol. The molecular formula is C19H25N7O2. The van der Waals surface area contributed by atoms with Gasteiger partial charge >= 0.3 is 5.69 Å². The molecule has 9 heteroatoms. The third-order valence-corrected chi connectivity index (χ3v) is 5.37. The predicted molar refractivity (Wildman–Crippen MR) is 103 cm³/mol. The Morgan fingerprint density at radius 1 is 1.25 bits per heavy atom. The van der Waals surface area contributed by atoms with Crippen LogP contribution in [0, 0.1) is 13.8 Å². The van der Waals surface area contributed by atoms with Crippen molar-refractivity contribution in [1.82, 2.24) is 33.8 Å². The number of piperidine rings is 1. The fourth-order valence-corrected chi connectivity index (χ4v) is 4.01. The molecule has 4 rings (SSSR count). The Balaban J connectivity index is 1.62. The monoisotopic (exact) mass is 383 g/mol. The quantitative estimate of drug-likeness (QED) is 0.680. The van der Waals surface area contributed by atoms with Crippen molar-refractivity contribution in [3.05, 3.63) is 45.5 Å². The van der Waals surface area contributed by atoms with Crippen molar-refractivity contribution >= 4 is 11.6 Å². The van der Waals surface area contributed by atoms with Gasteiger partial charge in [-0.25, -0.2) is 19.0 Å². The predicted octanol–water partition coefficient (Wildman–Crippen LogP) is 1.28. The van der Waals surface area contributed by atoms with Crippen molar-refractivity contribution in [2.24, 2.45) is 7.05 Å². The van der Waals surface area contributed by atoms with Crippen molar-refractivity contribution in [3.63, 3.8) is 0 Å². The Bertz CT molecular complexity index is 1110. The normalized spacial score (nSPS) is 17.4. The molecule has 148 valence electrons. The van der Waals surface area contributed by atoms with E-state index >= 15 is 0 Å². The van der Waals surface area contributed by atoms with Crippen molar-refractivity contribution in [2.75, 3.05) is 13.1 Å². The average Bonchev–Trinajstić information content (AvgIpc) is 3.20. The Kier molecular flexibility index (Phi) is 4.52. The van der Waals surface area contributed by atoms with E-state index in [4.69, 9.17) is 0 Å². The van der Waals surface area contributed by atoms with E-state index in [9.17, 15) is 9.59 Å². The topological polar surface area (TPSA) is 90.3 Å². The summed E-state index contributed by atoms with van der Waals surface area (Å²) in [4.78, 5) is 31.7. The number of aryl methyl sites for hydroxylation is 3. The number of carbonyl (C=O) groups is 1. The summed E-state index contributed by atoms with van der Waals surface area (Å²) in [6.07, 6.45) is 1.78. The Morgan fingerprint density at radius 3 is 2.79 bits per heavy atom. The van der Waals surface area contributed by atoms with Gasteiger partial charge in [0.1, 0.15) is 11.5 Å². The smallest absolute Gasteiger partial charge is 0.337 e. The molecular weight excluding hydrogens is 358 g/mol. The van der Waals surface area contributed by atoms with Gasteiger partial charge in [-0.05, 0) is 39.7 Å². The standard InChI is InChI=1S/C19H25N7O2/c1-5-25-17(22-23(4)19(25)28)14-7-6-8-24(11-14)18(27)15-10-13(3)26-16(20-15)9-12(2)21-26/h9-10,14H,5-8,11H2,1-4H3/t14-/m1/s1. The van der Waals surface area contributed by atoms with Gasteiger partial charge in [0, 0.05) is 44.4 Å². The maximum atomic E-state index is 13.1. The summed E-state index contributed by atoms with van der Waals surface area (Å²) in [6, 6.07) is 3.66. The largest absolute Gasteiger partial charge is 0.345 e. The molecule has 1 fully saturated rings. The van der Waals surface area contributed by atoms with E-state index in [0.717, 1.165) is 30.1 Å². The minimum atomic E-state index is -0.111. The van der Waals surface area contributed by atoms with Gasteiger partial charge in [-0.1, -0.05) is 0 Å². The third kappa shape index (κ3) is 3.00. The minimum absolute atomic E-state index is 0.0496. The molecule has 0 unspecified atom stereocenters. The molecule has 0 bridgehead atoms. The maximum Gasteiger partial charge on any atom is 0.345 e. The lowest BCUT2D eigenvalue weighted by Gasteiger charge is -2.32. The second-order valence-electron chi connectivity index (χ2n) is 7.44. The number of carbonyl (C=O) groups excluding carboxylic acids is 1. The molecule has 1 saturated heterocycles. The maximum absolute atomic E-state index is 13.1. The zero-order valence-corrected chi connectivity index (χ0v) is 16.7. The molecule has 28 heavy (non-hydrogen) atoms. The second kappa shape index (κ2) is 6.88. The lowest BCUT2D eigenvalue weighted by molar-refractivity contribution is 0.0697. The molecule has 1 aliphatic rings. The zero-order chi connectivity index (χ0) is 20.0. The Morgan fingerprint density at radius 2 is 2.04 bits per heavy atom. The van der Waals surface area contributed by atoms with Crippen molar-refractivity contribution in [1.29, 1.82) is 0 Å². The van der Waals surface area contributed by atoms with E-state index in [2.05, 4.69) is 15.2 Å². The third-order valence-electron chi connectivity index (χ3n) is 5.37. The SMILES string of the molecule is CCn1c([C@@H]2CCCN(C(=O)c3cc(C)n4nc(C)cc4n3)C2)nn(C)c1=O. The molecule has 1 amide bonds. The van der Waals surface area contributed by atoms with E-state index in [1.54, 1.807) is 22.2 Å². The molecule has 0 saturated carbocycles. The van der Waals surface area contributed by atoms with Gasteiger partial charge in [0.25, 0.3) is 5.91 Å². The van der Waals surface area contributed by atoms with E-state index in [1.807, 2.05) is 31.7 Å². The highest BCUT2D eigenvalue weighted by Crippen LogP contribution is 2.26. The van der Waals surface area contributed by atoms with Crippen molar-refractivity contribution < 1.29 is 4.79 Å². The molecule has 3 aromatic rings. The summed E-state index contributed by atoms with van der Waals surface area (Å²) < 4.78 is 4.82. The number of fused-ring (bicyclic) bond motifs is 1. The van der Waals surface area contributed by atoms with Crippen LogP contribution in [0.2, 0.25) is 0 Å². The summed E-state index contributed by atoms with van der Waals surface area (Å²) in [6.45, 7) is 7.57. The van der Waals surface area contributed by atoms with E-state index in [1.165, 1.54) is 4.68 Å². The van der Waals surface area contributed by atoms with Crippen LogP contribution >= 0.6 is 0 Å². The van der Waals surface area contributed by atoms with Crippen LogP contribution in [0.3, 0.4) is 0 Å². The summed E-state index contributed by atoms with van der Waals surface area (Å²) in [5.41, 5.74) is 2.74. The lowest BCUT2D eigenvalue weighted by atomic mass is 9.96. The summed E-state index contributed by atoms with van der Waals surface area (Å²) in [5.74, 6) is 0.725. The highest BCUT2D eigenvalue weighted by atomic mass is 16.2. The van der Waals surface area contributed by atoms with E-state index in [0.29, 0.717) is 31.0 Å². The van der Waals surface area contributed by atoms with Crippen LogP contribution in [-0.2, 0) is 13.6 Å². The Hall–Kier alpha value is -2.97. The first-order chi connectivity index (χ1) is 13.4. The summed E-state index contributed by atoms with van der Waals surface area (Å²) in [7, 11) is 1.67. The number of hydrogen-bond acceptors (Lipinski definition) is 5. The van der Waals surface area contributed by atoms with Crippen LogP contribution in [0.5, 0.6) is 0 Å². The van der Waals surface area contributed by atoms with Crippen LogP contribution < -0.4 is 5.69 Å².